The number of anilines is 2. The normalized spacial score (nSPS) is 14.5. The van der Waals surface area contributed by atoms with Crippen molar-refractivity contribution in [2.24, 2.45) is 0 Å². The zero-order valence-corrected chi connectivity index (χ0v) is 18.4. The van der Waals surface area contributed by atoms with E-state index in [9.17, 15) is 14.0 Å². The van der Waals surface area contributed by atoms with Gasteiger partial charge in [-0.1, -0.05) is 30.0 Å². The Balaban J connectivity index is 1.36. The highest BCUT2D eigenvalue weighted by Gasteiger charge is 2.23. The van der Waals surface area contributed by atoms with Crippen LogP contribution in [0.1, 0.15) is 13.3 Å². The van der Waals surface area contributed by atoms with E-state index in [4.69, 9.17) is 0 Å². The van der Waals surface area contributed by atoms with Gasteiger partial charge >= 0.3 is 0 Å². The number of nitrogens with zero attached hydrogens (tertiary/aromatic N) is 4. The molecule has 2 heterocycles. The first-order valence-corrected chi connectivity index (χ1v) is 11.6. The molecule has 2 aromatic rings. The largest absolute Gasteiger partial charge is 0.360 e. The summed E-state index contributed by atoms with van der Waals surface area (Å²) in [6, 6.07) is 5.68. The van der Waals surface area contributed by atoms with Gasteiger partial charge in [-0.3, -0.25) is 14.5 Å². The molecule has 0 aliphatic carbocycles. The molecule has 0 atom stereocenters. The minimum absolute atomic E-state index is 0.0636. The highest BCUT2D eigenvalue weighted by atomic mass is 32.2. The molecule has 2 amide bonds. The van der Waals surface area contributed by atoms with Gasteiger partial charge in [0.1, 0.15) is 5.82 Å². The molecule has 0 unspecified atom stereocenters. The lowest BCUT2D eigenvalue weighted by Crippen LogP contribution is -2.50. The summed E-state index contributed by atoms with van der Waals surface area (Å²) in [4.78, 5) is 28.5. The van der Waals surface area contributed by atoms with Gasteiger partial charge in [0.05, 0.1) is 12.3 Å². The summed E-state index contributed by atoms with van der Waals surface area (Å²) in [6.07, 6.45) is 1.01. The summed E-state index contributed by atoms with van der Waals surface area (Å²) in [5.41, 5.74) is 0.567. The molecule has 8 nitrogen and oxygen atoms in total. The van der Waals surface area contributed by atoms with E-state index in [0.717, 1.165) is 22.4 Å². The molecule has 1 aromatic carbocycles. The SMILES string of the molecule is CCCNc1nnc(SCC(=O)N2CCN(CC(=O)Nc3ccc(F)cc3)CC2)s1. The van der Waals surface area contributed by atoms with Crippen LogP contribution in [0, 0.1) is 5.82 Å². The average molecular weight is 453 g/mol. The Morgan fingerprint density at radius 3 is 2.60 bits per heavy atom. The fourth-order valence-electron chi connectivity index (χ4n) is 2.88. The molecule has 1 aromatic heterocycles. The van der Waals surface area contributed by atoms with Crippen molar-refractivity contribution in [3.8, 4) is 0 Å². The second-order valence-electron chi connectivity index (χ2n) is 6.80. The number of thioether (sulfide) groups is 1. The van der Waals surface area contributed by atoms with E-state index in [0.29, 0.717) is 37.6 Å². The number of hydrogen-bond acceptors (Lipinski definition) is 8. The van der Waals surface area contributed by atoms with Crippen LogP contribution in [0.4, 0.5) is 15.2 Å². The number of nitrogens with one attached hydrogen (secondary N) is 2. The van der Waals surface area contributed by atoms with E-state index in [-0.39, 0.29) is 24.2 Å². The second-order valence-corrected chi connectivity index (χ2v) is 9.00. The Labute approximate surface area is 183 Å². The average Bonchev–Trinajstić information content (AvgIpc) is 3.20. The highest BCUT2D eigenvalue weighted by molar-refractivity contribution is 8.01. The number of carbonyl (C=O) groups is 2. The van der Waals surface area contributed by atoms with Crippen molar-refractivity contribution in [1.82, 2.24) is 20.0 Å². The number of piperazine rings is 1. The van der Waals surface area contributed by atoms with Gasteiger partial charge < -0.3 is 15.5 Å². The van der Waals surface area contributed by atoms with Gasteiger partial charge in [0.25, 0.3) is 0 Å². The first-order valence-electron chi connectivity index (χ1n) is 9.79. The van der Waals surface area contributed by atoms with Crippen molar-refractivity contribution in [1.29, 1.82) is 0 Å². The van der Waals surface area contributed by atoms with Gasteiger partial charge in [0.15, 0.2) is 4.34 Å². The van der Waals surface area contributed by atoms with Crippen LogP contribution in [0.15, 0.2) is 28.6 Å². The Bertz CT molecular complexity index is 840. The zero-order valence-electron chi connectivity index (χ0n) is 16.8. The summed E-state index contributed by atoms with van der Waals surface area (Å²) in [5, 5.41) is 14.9. The lowest BCUT2D eigenvalue weighted by Gasteiger charge is -2.34. The number of aromatic nitrogens is 2. The van der Waals surface area contributed by atoms with Gasteiger partial charge in [0, 0.05) is 38.4 Å². The molecule has 11 heteroatoms. The third-order valence-electron chi connectivity index (χ3n) is 4.47. The molecule has 1 saturated heterocycles. The predicted octanol–water partition coefficient (Wildman–Crippen LogP) is 2.37. The second kappa shape index (κ2) is 11.2. The Kier molecular flexibility index (Phi) is 8.40. The fraction of sp³-hybridized carbons (Fsp3) is 0.474. The van der Waals surface area contributed by atoms with E-state index in [1.54, 1.807) is 0 Å². The van der Waals surface area contributed by atoms with Gasteiger partial charge in [-0.25, -0.2) is 4.39 Å². The van der Waals surface area contributed by atoms with Gasteiger partial charge in [-0.05, 0) is 30.7 Å². The molecule has 30 heavy (non-hydrogen) atoms. The summed E-state index contributed by atoms with van der Waals surface area (Å²) in [5.74, 6) is -0.103. The molecule has 0 spiro atoms. The Hall–Kier alpha value is -2.24. The van der Waals surface area contributed by atoms with Crippen LogP contribution in [0.3, 0.4) is 0 Å². The molecule has 0 bridgehead atoms. The number of halogens is 1. The van der Waals surface area contributed by atoms with Crippen LogP contribution in [0.5, 0.6) is 0 Å². The summed E-state index contributed by atoms with van der Waals surface area (Å²) >= 11 is 2.85. The fourth-order valence-corrected chi connectivity index (χ4v) is 4.56. The van der Waals surface area contributed by atoms with Gasteiger partial charge in [-0.15, -0.1) is 10.2 Å². The minimum atomic E-state index is -0.341. The van der Waals surface area contributed by atoms with Crippen LogP contribution >= 0.6 is 23.1 Å². The maximum Gasteiger partial charge on any atom is 0.238 e. The summed E-state index contributed by atoms with van der Waals surface area (Å²) in [7, 11) is 0. The van der Waals surface area contributed by atoms with Crippen molar-refractivity contribution in [3.05, 3.63) is 30.1 Å². The number of benzene rings is 1. The van der Waals surface area contributed by atoms with Crippen LogP contribution in [-0.2, 0) is 9.59 Å². The predicted molar refractivity (Wildman–Crippen MR) is 117 cm³/mol. The molecule has 162 valence electrons. The van der Waals surface area contributed by atoms with Gasteiger partial charge in [0.2, 0.25) is 16.9 Å². The monoisotopic (exact) mass is 452 g/mol. The molecule has 3 rings (SSSR count). The molecule has 0 saturated carbocycles. The third kappa shape index (κ3) is 6.92. The lowest BCUT2D eigenvalue weighted by molar-refractivity contribution is -0.130. The number of carbonyl (C=O) groups excluding carboxylic acids is 2. The van der Waals surface area contributed by atoms with Crippen LogP contribution in [0.25, 0.3) is 0 Å². The molecule has 1 aliphatic rings. The molecule has 1 aliphatic heterocycles. The van der Waals surface area contributed by atoms with E-state index < -0.39 is 0 Å². The molecular weight excluding hydrogens is 427 g/mol. The number of hydrogen-bond donors (Lipinski definition) is 2. The summed E-state index contributed by atoms with van der Waals surface area (Å²) in [6.45, 7) is 5.62. The number of rotatable bonds is 9. The van der Waals surface area contributed by atoms with E-state index in [1.807, 2.05) is 9.80 Å². The van der Waals surface area contributed by atoms with Crippen LogP contribution < -0.4 is 10.6 Å². The lowest BCUT2D eigenvalue weighted by atomic mass is 10.3. The zero-order chi connectivity index (χ0) is 21.3. The van der Waals surface area contributed by atoms with Crippen LogP contribution in [0.2, 0.25) is 0 Å². The molecular formula is C19H25FN6O2S2. The van der Waals surface area contributed by atoms with E-state index in [2.05, 4.69) is 27.8 Å². The van der Waals surface area contributed by atoms with Crippen molar-refractivity contribution < 1.29 is 14.0 Å². The molecule has 1 fully saturated rings. The van der Waals surface area contributed by atoms with Crippen LogP contribution in [-0.4, -0.2) is 76.8 Å². The first-order chi connectivity index (χ1) is 14.5. The number of amides is 2. The van der Waals surface area contributed by atoms with Crippen molar-refractivity contribution in [2.45, 2.75) is 17.7 Å². The maximum atomic E-state index is 12.9. The van der Waals surface area contributed by atoms with Crippen molar-refractivity contribution in [2.75, 3.05) is 55.7 Å². The highest BCUT2D eigenvalue weighted by Crippen LogP contribution is 2.25. The quantitative estimate of drug-likeness (QED) is 0.565. The third-order valence-corrected chi connectivity index (χ3v) is 6.47. The molecule has 0 radical (unpaired) electrons. The smallest absolute Gasteiger partial charge is 0.238 e. The maximum absolute atomic E-state index is 12.9. The van der Waals surface area contributed by atoms with Gasteiger partial charge in [-0.2, -0.15) is 0 Å². The first kappa shape index (κ1) is 22.4. The Morgan fingerprint density at radius 2 is 1.90 bits per heavy atom. The topological polar surface area (TPSA) is 90.5 Å². The van der Waals surface area contributed by atoms with Crippen molar-refractivity contribution in [3.63, 3.8) is 0 Å². The van der Waals surface area contributed by atoms with E-state index in [1.165, 1.54) is 47.4 Å². The summed E-state index contributed by atoms with van der Waals surface area (Å²) < 4.78 is 13.7. The van der Waals surface area contributed by atoms with E-state index >= 15 is 0 Å². The Morgan fingerprint density at radius 1 is 1.17 bits per heavy atom. The minimum Gasteiger partial charge on any atom is -0.360 e. The van der Waals surface area contributed by atoms with Crippen molar-refractivity contribution >= 4 is 45.7 Å². The standard InChI is InChI=1S/C19H25FN6O2S2/c1-2-7-21-18-23-24-19(30-18)29-13-17(28)26-10-8-25(9-11-26)12-16(27)22-15-5-3-14(20)4-6-15/h3-6H,2,7-13H2,1H3,(H,21,23)(H,22,27). The molecule has 2 N–H and O–H groups in total.